The van der Waals surface area contributed by atoms with E-state index in [9.17, 15) is 32.4 Å². The Hall–Kier alpha value is -4.24. The molecule has 3 N–H and O–H groups in total. The summed E-state index contributed by atoms with van der Waals surface area (Å²) in [5, 5.41) is 5.04. The normalized spacial score (nSPS) is 30.1. The van der Waals surface area contributed by atoms with Crippen LogP contribution >= 0.6 is 0 Å². The van der Waals surface area contributed by atoms with Gasteiger partial charge in [0.25, 0.3) is 5.91 Å². The van der Waals surface area contributed by atoms with E-state index < -0.39 is 68.7 Å². The van der Waals surface area contributed by atoms with Gasteiger partial charge in [0.2, 0.25) is 27.7 Å². The standard InChI is InChI=1S/C41H55N5O9S/c1-4-29-20-41(29,38(50)44-56(52,53)31-16-17-31)43-36(48)33-19-30-22-46(33)37(49)35(27-12-6-5-7-13-27)42-39(51)55-25-40(2,3)18-9-8-11-26-14-10-15-28-21-45(23-32(26)28)34(47)24-54-30/h4,8,10-11,14-15,27,29-31,33,35H,1,5-7,9,12-13,16-25H2,2-3H3,(H,42,51)(H,43,48)(H,44,50)/t29-,30-,33+,35+,41-/m1/s1. The number of alkyl carbamates (subject to hydrolysis) is 1. The third-order valence-electron chi connectivity index (χ3n) is 12.5. The number of nitrogens with zero attached hydrogens (tertiary/aromatic N) is 2. The molecule has 7 rings (SSSR count). The van der Waals surface area contributed by atoms with Crippen molar-refractivity contribution in [1.29, 1.82) is 0 Å². The highest BCUT2D eigenvalue weighted by atomic mass is 32.2. The van der Waals surface area contributed by atoms with Crippen LogP contribution in [0.3, 0.4) is 0 Å². The summed E-state index contributed by atoms with van der Waals surface area (Å²) >= 11 is 0. The van der Waals surface area contributed by atoms with Crippen LogP contribution in [0.1, 0.15) is 101 Å². The molecule has 1 aromatic rings. The van der Waals surface area contributed by atoms with Crippen LogP contribution in [0, 0.1) is 17.3 Å². The van der Waals surface area contributed by atoms with E-state index in [4.69, 9.17) is 9.47 Å². The predicted octanol–water partition coefficient (Wildman–Crippen LogP) is 3.69. The maximum Gasteiger partial charge on any atom is 0.407 e. The molecule has 0 radical (unpaired) electrons. The van der Waals surface area contributed by atoms with E-state index in [1.54, 1.807) is 4.90 Å². The van der Waals surface area contributed by atoms with Crippen molar-refractivity contribution < 1.29 is 41.9 Å². The highest BCUT2D eigenvalue weighted by Gasteiger charge is 2.62. The Balaban J connectivity index is 1.16. The lowest BCUT2D eigenvalue weighted by Crippen LogP contribution is -2.59. The van der Waals surface area contributed by atoms with Gasteiger partial charge in [-0.1, -0.05) is 69.5 Å². The number of hydrogen-bond acceptors (Lipinski definition) is 9. The van der Waals surface area contributed by atoms with E-state index in [1.165, 1.54) is 11.0 Å². The van der Waals surface area contributed by atoms with Crippen LogP contribution in [0.15, 0.2) is 36.9 Å². The number of nitrogens with one attached hydrogen (secondary N) is 3. The minimum Gasteiger partial charge on any atom is -0.449 e. The number of amides is 5. The van der Waals surface area contributed by atoms with Crippen LogP contribution in [-0.2, 0) is 51.8 Å². The van der Waals surface area contributed by atoms with E-state index in [0.29, 0.717) is 38.8 Å². The van der Waals surface area contributed by atoms with Gasteiger partial charge >= 0.3 is 6.09 Å². The molecule has 3 aliphatic carbocycles. The van der Waals surface area contributed by atoms with Crippen LogP contribution in [0.25, 0.3) is 6.08 Å². The molecule has 1 aromatic carbocycles. The smallest absolute Gasteiger partial charge is 0.407 e. The molecule has 5 atom stereocenters. The molecule has 5 amide bonds. The fourth-order valence-electron chi connectivity index (χ4n) is 8.70. The first-order valence-corrected chi connectivity index (χ1v) is 21.7. The Bertz CT molecular complexity index is 1890. The lowest BCUT2D eigenvalue weighted by Gasteiger charge is -2.35. The van der Waals surface area contributed by atoms with Crippen molar-refractivity contribution in [2.24, 2.45) is 17.3 Å². The molecule has 14 nitrogen and oxygen atoms in total. The van der Waals surface area contributed by atoms with Crippen molar-refractivity contribution in [2.45, 2.75) is 127 Å². The number of ether oxygens (including phenoxy) is 2. The Kier molecular flexibility index (Phi) is 11.4. The maximum atomic E-state index is 14.7. The largest absolute Gasteiger partial charge is 0.449 e. The molecular formula is C41H55N5O9S. The topological polar surface area (TPSA) is 181 Å². The molecule has 3 saturated carbocycles. The van der Waals surface area contributed by atoms with Gasteiger partial charge in [-0.2, -0.15) is 0 Å². The summed E-state index contributed by atoms with van der Waals surface area (Å²) < 4.78 is 39.6. The fraction of sp³-hybridized carbons (Fsp3) is 0.634. The van der Waals surface area contributed by atoms with Crippen molar-refractivity contribution in [3.05, 3.63) is 53.6 Å². The lowest BCUT2D eigenvalue weighted by atomic mass is 9.83. The van der Waals surface area contributed by atoms with E-state index in [2.05, 4.69) is 34.1 Å². The molecule has 3 heterocycles. The van der Waals surface area contributed by atoms with E-state index in [0.717, 1.165) is 48.8 Å². The van der Waals surface area contributed by atoms with Crippen molar-refractivity contribution in [3.63, 3.8) is 0 Å². The minimum atomic E-state index is -3.90. The number of sulfonamides is 1. The third-order valence-corrected chi connectivity index (χ3v) is 14.3. The van der Waals surface area contributed by atoms with Gasteiger partial charge in [-0.3, -0.25) is 23.9 Å². The number of fused-ring (bicyclic) bond motifs is 3. The first-order chi connectivity index (χ1) is 26.7. The number of allylic oxidation sites excluding steroid dienone is 1. The first-order valence-electron chi connectivity index (χ1n) is 20.1. The number of carbonyl (C=O) groups is 5. The molecule has 0 unspecified atom stereocenters. The SMILES string of the molecule is C=C[C@@H]1C[C@]1(NC(=O)[C@@H]1C[C@@H]2CN1C(=O)[C@H](C1CCCCC1)NC(=O)OCC(C)(C)CCC=Cc1cccc3c1CN(C3)C(=O)CO2)C(=O)NS(=O)(=O)C1CC1. The summed E-state index contributed by atoms with van der Waals surface area (Å²) in [6.45, 7) is 8.53. The Morgan fingerprint density at radius 1 is 1.05 bits per heavy atom. The number of benzene rings is 1. The molecule has 304 valence electrons. The van der Waals surface area contributed by atoms with E-state index in [-0.39, 0.29) is 49.8 Å². The molecule has 56 heavy (non-hydrogen) atoms. The van der Waals surface area contributed by atoms with Gasteiger partial charge in [0.1, 0.15) is 24.2 Å². The quantitative estimate of drug-likeness (QED) is 0.347. The van der Waals surface area contributed by atoms with E-state index >= 15 is 0 Å². The number of hydrogen-bond donors (Lipinski definition) is 3. The van der Waals surface area contributed by atoms with Gasteiger partial charge in [0.15, 0.2) is 0 Å². The number of rotatable bonds is 7. The van der Waals surface area contributed by atoms with Gasteiger partial charge in [-0.05, 0) is 73.0 Å². The van der Waals surface area contributed by atoms with Gasteiger partial charge in [0.05, 0.1) is 18.0 Å². The van der Waals surface area contributed by atoms with Crippen molar-refractivity contribution in [3.8, 4) is 0 Å². The molecule has 6 aliphatic rings. The van der Waals surface area contributed by atoms with Gasteiger partial charge in [-0.15, -0.1) is 6.58 Å². The lowest BCUT2D eigenvalue weighted by molar-refractivity contribution is -0.142. The summed E-state index contributed by atoms with van der Waals surface area (Å²) in [5.41, 5.74) is 1.26. The molecule has 15 heteroatoms. The molecule has 4 bridgehead atoms. The summed E-state index contributed by atoms with van der Waals surface area (Å²) in [6, 6.07) is 3.90. The Labute approximate surface area is 329 Å². The second-order valence-corrected chi connectivity index (χ2v) is 19.3. The second-order valence-electron chi connectivity index (χ2n) is 17.3. The van der Waals surface area contributed by atoms with Crippen molar-refractivity contribution >= 4 is 45.8 Å². The highest BCUT2D eigenvalue weighted by molar-refractivity contribution is 7.91. The monoisotopic (exact) mass is 793 g/mol. The molecule has 3 aliphatic heterocycles. The highest BCUT2D eigenvalue weighted by Crippen LogP contribution is 2.45. The maximum absolute atomic E-state index is 14.7. The fourth-order valence-corrected chi connectivity index (χ4v) is 10.1. The molecule has 0 spiro atoms. The second kappa shape index (κ2) is 16.0. The van der Waals surface area contributed by atoms with Gasteiger partial charge in [-0.25, -0.2) is 13.2 Å². The summed E-state index contributed by atoms with van der Waals surface area (Å²) in [4.78, 5) is 72.8. The summed E-state index contributed by atoms with van der Waals surface area (Å²) in [6.07, 6.45) is 11.0. The zero-order valence-electron chi connectivity index (χ0n) is 32.4. The van der Waals surface area contributed by atoms with Crippen molar-refractivity contribution in [1.82, 2.24) is 25.2 Å². The molecule has 1 saturated heterocycles. The number of cyclic esters (lactones) is 1. The number of carbonyl (C=O) groups excluding carboxylic acids is 5. The van der Waals surface area contributed by atoms with Gasteiger partial charge < -0.3 is 29.9 Å². The summed E-state index contributed by atoms with van der Waals surface area (Å²) in [5.74, 6) is -2.92. The zero-order chi connectivity index (χ0) is 39.8. The molecule has 0 aromatic heterocycles. The van der Waals surface area contributed by atoms with Crippen LogP contribution in [0.5, 0.6) is 0 Å². The molecule has 4 fully saturated rings. The van der Waals surface area contributed by atoms with Gasteiger partial charge in [0, 0.05) is 32.0 Å². The third kappa shape index (κ3) is 8.68. The first kappa shape index (κ1) is 40.0. The van der Waals surface area contributed by atoms with E-state index in [1.807, 2.05) is 32.0 Å². The van der Waals surface area contributed by atoms with Crippen LogP contribution in [0.2, 0.25) is 0 Å². The Morgan fingerprint density at radius 3 is 2.54 bits per heavy atom. The predicted molar refractivity (Wildman–Crippen MR) is 207 cm³/mol. The van der Waals surface area contributed by atoms with Crippen LogP contribution in [-0.4, -0.2) is 96.7 Å². The average molecular weight is 794 g/mol. The molecular weight excluding hydrogens is 739 g/mol. The zero-order valence-corrected chi connectivity index (χ0v) is 33.2. The summed E-state index contributed by atoms with van der Waals surface area (Å²) in [7, 11) is -3.90. The average Bonchev–Trinajstić information content (AvgIpc) is 4.07. The van der Waals surface area contributed by atoms with Crippen molar-refractivity contribution in [2.75, 3.05) is 19.8 Å². The van der Waals surface area contributed by atoms with Crippen LogP contribution < -0.4 is 15.4 Å². The Morgan fingerprint density at radius 2 is 1.82 bits per heavy atom. The van der Waals surface area contributed by atoms with Crippen LogP contribution in [0.4, 0.5) is 4.79 Å². The minimum absolute atomic E-state index is 0.0207.